The third-order valence-electron chi connectivity index (χ3n) is 5.17. The van der Waals surface area contributed by atoms with Crippen LogP contribution in [0.15, 0.2) is 78.4 Å². The zero-order valence-electron chi connectivity index (χ0n) is 18.9. The van der Waals surface area contributed by atoms with Gasteiger partial charge in [0.25, 0.3) is 11.8 Å². The fourth-order valence-electron chi connectivity index (χ4n) is 3.47. The van der Waals surface area contributed by atoms with Gasteiger partial charge in [-0.05, 0) is 67.4 Å². The Morgan fingerprint density at radius 2 is 1.50 bits per heavy atom. The number of hydrogen-bond acceptors (Lipinski definition) is 5. The normalized spacial score (nSPS) is 14.8. The molecule has 172 valence electrons. The van der Waals surface area contributed by atoms with E-state index in [1.165, 1.54) is 6.08 Å². The van der Waals surface area contributed by atoms with E-state index in [0.717, 1.165) is 21.8 Å². The van der Waals surface area contributed by atoms with E-state index in [1.54, 1.807) is 42.5 Å². The zero-order valence-corrected chi connectivity index (χ0v) is 18.9. The second-order valence-corrected chi connectivity index (χ2v) is 7.88. The fraction of sp³-hybridized carbons (Fsp3) is 0.148. The zero-order chi connectivity index (χ0) is 24.1. The number of benzene rings is 3. The lowest BCUT2D eigenvalue weighted by molar-refractivity contribution is -0.122. The molecule has 0 aliphatic carbocycles. The number of hydrogen-bond donors (Lipinski definition) is 1. The number of carbonyl (C=O) groups is 3. The largest absolute Gasteiger partial charge is 0.490 e. The van der Waals surface area contributed by atoms with Gasteiger partial charge >= 0.3 is 6.03 Å². The first-order valence-corrected chi connectivity index (χ1v) is 10.8. The highest BCUT2D eigenvalue weighted by Gasteiger charge is 2.36. The number of rotatable bonds is 7. The lowest BCUT2D eigenvalue weighted by atomic mass is 10.1. The lowest BCUT2D eigenvalue weighted by Crippen LogP contribution is -2.54. The van der Waals surface area contributed by atoms with Gasteiger partial charge in [-0.2, -0.15) is 0 Å². The highest BCUT2D eigenvalue weighted by molar-refractivity contribution is 6.39. The van der Waals surface area contributed by atoms with Crippen molar-refractivity contribution in [2.45, 2.75) is 13.8 Å². The minimum atomic E-state index is -0.775. The van der Waals surface area contributed by atoms with Crippen LogP contribution in [-0.2, 0) is 9.59 Å². The van der Waals surface area contributed by atoms with E-state index in [1.807, 2.05) is 44.2 Å². The molecule has 7 nitrogen and oxygen atoms in total. The molecule has 0 saturated carbocycles. The minimum Gasteiger partial charge on any atom is -0.490 e. The Morgan fingerprint density at radius 3 is 2.24 bits per heavy atom. The molecular weight excluding hydrogens is 432 g/mol. The van der Waals surface area contributed by atoms with Crippen molar-refractivity contribution in [3.8, 4) is 11.5 Å². The molecule has 0 atom stereocenters. The van der Waals surface area contributed by atoms with Crippen molar-refractivity contribution in [3.05, 3.63) is 95.1 Å². The molecule has 4 rings (SSSR count). The molecule has 7 heteroatoms. The van der Waals surface area contributed by atoms with Gasteiger partial charge in [0.2, 0.25) is 0 Å². The highest BCUT2D eigenvalue weighted by atomic mass is 16.5. The van der Waals surface area contributed by atoms with Gasteiger partial charge in [-0.1, -0.05) is 42.0 Å². The van der Waals surface area contributed by atoms with Gasteiger partial charge in [0, 0.05) is 0 Å². The summed E-state index contributed by atoms with van der Waals surface area (Å²) in [4.78, 5) is 38.8. The third kappa shape index (κ3) is 5.32. The molecule has 1 aliphatic rings. The molecule has 0 aromatic heterocycles. The number of ether oxygens (including phenoxy) is 2. The van der Waals surface area contributed by atoms with E-state index in [0.29, 0.717) is 30.2 Å². The topological polar surface area (TPSA) is 84.9 Å². The summed E-state index contributed by atoms with van der Waals surface area (Å²) < 4.78 is 11.4. The third-order valence-corrected chi connectivity index (χ3v) is 5.17. The van der Waals surface area contributed by atoms with Crippen molar-refractivity contribution in [2.75, 3.05) is 18.1 Å². The van der Waals surface area contributed by atoms with Gasteiger partial charge in [-0.15, -0.1) is 0 Å². The summed E-state index contributed by atoms with van der Waals surface area (Å²) in [5, 5.41) is 2.23. The molecule has 3 aromatic rings. The minimum absolute atomic E-state index is 0.138. The Labute approximate surface area is 197 Å². The van der Waals surface area contributed by atoms with E-state index >= 15 is 0 Å². The number of nitrogens with one attached hydrogen (secondary N) is 1. The van der Waals surface area contributed by atoms with Crippen LogP contribution in [0.3, 0.4) is 0 Å². The molecule has 1 heterocycles. The maximum absolute atomic E-state index is 13.0. The first kappa shape index (κ1) is 22.8. The van der Waals surface area contributed by atoms with Crippen molar-refractivity contribution >= 4 is 29.6 Å². The van der Waals surface area contributed by atoms with Crippen LogP contribution in [-0.4, -0.2) is 31.1 Å². The van der Waals surface area contributed by atoms with Gasteiger partial charge in [-0.3, -0.25) is 14.9 Å². The summed E-state index contributed by atoms with van der Waals surface area (Å²) >= 11 is 0. The summed E-state index contributed by atoms with van der Waals surface area (Å²) in [6.45, 7) is 4.55. The SMILES string of the molecule is Cc1ccc(OCCOc2cccc(C=C3C(=O)NC(=O)N(c4cccc(C)c4)C3=O)c2)cc1. The molecule has 0 unspecified atom stereocenters. The predicted octanol–water partition coefficient (Wildman–Crippen LogP) is 4.43. The summed E-state index contributed by atoms with van der Waals surface area (Å²) in [7, 11) is 0. The number of aryl methyl sites for hydroxylation is 2. The van der Waals surface area contributed by atoms with Crippen LogP contribution in [0.1, 0.15) is 16.7 Å². The van der Waals surface area contributed by atoms with Crippen LogP contribution in [0.25, 0.3) is 6.08 Å². The number of urea groups is 1. The second kappa shape index (κ2) is 10.0. The molecule has 0 radical (unpaired) electrons. The second-order valence-electron chi connectivity index (χ2n) is 7.88. The first-order chi connectivity index (χ1) is 16.4. The molecule has 0 bridgehead atoms. The maximum atomic E-state index is 13.0. The van der Waals surface area contributed by atoms with Crippen molar-refractivity contribution in [1.82, 2.24) is 5.32 Å². The fourth-order valence-corrected chi connectivity index (χ4v) is 3.47. The number of nitrogens with zero attached hydrogens (tertiary/aromatic N) is 1. The highest BCUT2D eigenvalue weighted by Crippen LogP contribution is 2.24. The summed E-state index contributed by atoms with van der Waals surface area (Å²) in [5.41, 5.74) is 2.89. The molecule has 3 aromatic carbocycles. The molecule has 34 heavy (non-hydrogen) atoms. The number of anilines is 1. The number of amides is 4. The van der Waals surface area contributed by atoms with E-state index in [9.17, 15) is 14.4 Å². The van der Waals surface area contributed by atoms with E-state index in [4.69, 9.17) is 9.47 Å². The smallest absolute Gasteiger partial charge is 0.335 e. The van der Waals surface area contributed by atoms with Crippen LogP contribution in [0.4, 0.5) is 10.5 Å². The van der Waals surface area contributed by atoms with Crippen molar-refractivity contribution in [1.29, 1.82) is 0 Å². The van der Waals surface area contributed by atoms with E-state index in [2.05, 4.69) is 5.32 Å². The molecule has 1 fully saturated rings. The molecule has 4 amide bonds. The number of imide groups is 2. The van der Waals surface area contributed by atoms with Gasteiger partial charge in [0.1, 0.15) is 30.3 Å². The molecule has 1 N–H and O–H groups in total. The monoisotopic (exact) mass is 456 g/mol. The molecule has 0 spiro atoms. The number of carbonyl (C=O) groups excluding carboxylic acids is 3. The van der Waals surface area contributed by atoms with Crippen molar-refractivity contribution in [2.24, 2.45) is 0 Å². The van der Waals surface area contributed by atoms with Gasteiger partial charge in [0.15, 0.2) is 0 Å². The molecule has 1 saturated heterocycles. The summed E-state index contributed by atoms with van der Waals surface area (Å²) in [6.07, 6.45) is 1.45. The summed E-state index contributed by atoms with van der Waals surface area (Å²) in [6, 6.07) is 20.9. The van der Waals surface area contributed by atoms with Crippen LogP contribution in [0.2, 0.25) is 0 Å². The molecular formula is C27H24N2O5. The van der Waals surface area contributed by atoms with Crippen LogP contribution in [0.5, 0.6) is 11.5 Å². The Balaban J connectivity index is 1.45. The standard InChI is InChI=1S/C27H24N2O5/c1-18-9-11-22(12-10-18)33-13-14-34-23-8-4-6-20(16-23)17-24-25(30)28-27(32)29(26(24)31)21-7-3-5-19(2)15-21/h3-12,15-17H,13-14H2,1-2H3,(H,28,30,32). The van der Waals surface area contributed by atoms with Crippen molar-refractivity contribution in [3.63, 3.8) is 0 Å². The Kier molecular flexibility index (Phi) is 6.73. The predicted molar refractivity (Wildman–Crippen MR) is 129 cm³/mol. The Bertz CT molecular complexity index is 1260. The van der Waals surface area contributed by atoms with Crippen LogP contribution in [0, 0.1) is 13.8 Å². The average molecular weight is 456 g/mol. The molecule has 1 aliphatic heterocycles. The van der Waals surface area contributed by atoms with Gasteiger partial charge in [0.05, 0.1) is 5.69 Å². The number of barbiturate groups is 1. The first-order valence-electron chi connectivity index (χ1n) is 10.8. The van der Waals surface area contributed by atoms with Crippen LogP contribution < -0.4 is 19.7 Å². The van der Waals surface area contributed by atoms with E-state index < -0.39 is 17.8 Å². The van der Waals surface area contributed by atoms with Gasteiger partial charge in [-0.25, -0.2) is 9.69 Å². The average Bonchev–Trinajstić information content (AvgIpc) is 2.81. The van der Waals surface area contributed by atoms with Crippen LogP contribution >= 0.6 is 0 Å². The quantitative estimate of drug-likeness (QED) is 0.323. The summed E-state index contributed by atoms with van der Waals surface area (Å²) in [5.74, 6) is -0.0896. The van der Waals surface area contributed by atoms with E-state index in [-0.39, 0.29) is 5.57 Å². The Morgan fingerprint density at radius 1 is 0.794 bits per heavy atom. The maximum Gasteiger partial charge on any atom is 0.335 e. The van der Waals surface area contributed by atoms with Crippen molar-refractivity contribution < 1.29 is 23.9 Å². The Hall–Kier alpha value is -4.39. The van der Waals surface area contributed by atoms with Gasteiger partial charge < -0.3 is 9.47 Å². The lowest BCUT2D eigenvalue weighted by Gasteiger charge is -2.26.